The molecule has 0 unspecified atom stereocenters. The molecule has 3 aromatic heterocycles. The topological polar surface area (TPSA) is 126 Å². The quantitative estimate of drug-likeness (QED) is 0.663. The van der Waals surface area contributed by atoms with Crippen LogP contribution < -0.4 is 10.6 Å². The monoisotopic (exact) mass is 402 g/mol. The van der Waals surface area contributed by atoms with Gasteiger partial charge in [-0.2, -0.15) is 0 Å². The summed E-state index contributed by atoms with van der Waals surface area (Å²) in [5.41, 5.74) is 1.16. The van der Waals surface area contributed by atoms with Crippen molar-refractivity contribution in [2.45, 2.75) is 26.8 Å². The number of anilines is 2. The molecule has 11 heteroatoms. The third-order valence-corrected chi connectivity index (χ3v) is 5.15. The molecule has 28 heavy (non-hydrogen) atoms. The van der Waals surface area contributed by atoms with Crippen LogP contribution in [0.2, 0.25) is 0 Å². The third kappa shape index (κ3) is 4.10. The lowest BCUT2D eigenvalue weighted by molar-refractivity contribution is -0.117. The summed E-state index contributed by atoms with van der Waals surface area (Å²) in [4.78, 5) is 31.9. The molecule has 0 aliphatic carbocycles. The molecule has 2 N–H and O–H groups in total. The molecule has 1 aliphatic rings. The Morgan fingerprint density at radius 2 is 1.96 bits per heavy atom. The molecular formula is C17H18N6O4S. The van der Waals surface area contributed by atoms with Crippen LogP contribution in [0.1, 0.15) is 32.6 Å². The molecule has 0 bridgehead atoms. The minimum absolute atomic E-state index is 0.156. The Labute approximate surface area is 163 Å². The first kappa shape index (κ1) is 18.3. The maximum absolute atomic E-state index is 12.2. The number of carbonyl (C=O) groups excluding carboxylic acids is 2. The number of rotatable bonds is 5. The number of hydrogen-bond donors (Lipinski definition) is 2. The van der Waals surface area contributed by atoms with Crippen molar-refractivity contribution in [3.05, 3.63) is 39.9 Å². The number of carbonyl (C=O) groups is 2. The number of aryl methyl sites for hydroxylation is 2. The van der Waals surface area contributed by atoms with Gasteiger partial charge in [0.05, 0.1) is 12.2 Å². The summed E-state index contributed by atoms with van der Waals surface area (Å²) in [7, 11) is 0. The number of amides is 2. The van der Waals surface area contributed by atoms with E-state index in [0.29, 0.717) is 42.0 Å². The zero-order valence-corrected chi connectivity index (χ0v) is 16.1. The summed E-state index contributed by atoms with van der Waals surface area (Å²) >= 11 is 1.40. The first-order valence-electron chi connectivity index (χ1n) is 8.65. The van der Waals surface area contributed by atoms with Gasteiger partial charge in [0.2, 0.25) is 5.91 Å². The predicted molar refractivity (Wildman–Crippen MR) is 100 cm³/mol. The molecule has 0 aromatic carbocycles. The Balaban J connectivity index is 1.35. The van der Waals surface area contributed by atoms with Crippen molar-refractivity contribution in [3.63, 3.8) is 0 Å². The molecule has 0 saturated carbocycles. The van der Waals surface area contributed by atoms with Crippen molar-refractivity contribution in [3.8, 4) is 0 Å². The number of nitrogens with one attached hydrogen (secondary N) is 2. The van der Waals surface area contributed by atoms with Crippen LogP contribution in [-0.4, -0.2) is 45.1 Å². The van der Waals surface area contributed by atoms with Crippen LogP contribution in [0.4, 0.5) is 10.9 Å². The minimum atomic E-state index is -0.359. The average molecular weight is 402 g/mol. The van der Waals surface area contributed by atoms with Gasteiger partial charge in [-0.15, -0.1) is 11.3 Å². The number of fused-ring (bicyclic) bond motifs is 1. The van der Waals surface area contributed by atoms with Gasteiger partial charge in [0.25, 0.3) is 5.91 Å². The lowest BCUT2D eigenvalue weighted by Crippen LogP contribution is -2.36. The second kappa shape index (κ2) is 7.52. The molecule has 4 heterocycles. The fraction of sp³-hybridized carbons (Fsp3) is 0.353. The molecule has 0 saturated heterocycles. The van der Waals surface area contributed by atoms with Gasteiger partial charge in [0.15, 0.2) is 16.6 Å². The molecule has 0 fully saturated rings. The molecule has 2 amide bonds. The van der Waals surface area contributed by atoms with Crippen molar-refractivity contribution in [1.82, 2.24) is 20.2 Å². The Hall–Kier alpha value is -3.05. The molecule has 4 rings (SSSR count). The van der Waals surface area contributed by atoms with Gasteiger partial charge in [0.1, 0.15) is 11.5 Å². The summed E-state index contributed by atoms with van der Waals surface area (Å²) in [5.74, 6) is 1.10. The molecule has 0 radical (unpaired) electrons. The van der Waals surface area contributed by atoms with Gasteiger partial charge in [0, 0.05) is 36.5 Å². The van der Waals surface area contributed by atoms with E-state index in [1.54, 1.807) is 26.0 Å². The summed E-state index contributed by atoms with van der Waals surface area (Å²) in [5, 5.41) is 13.4. The zero-order valence-electron chi connectivity index (χ0n) is 15.3. The summed E-state index contributed by atoms with van der Waals surface area (Å²) in [6.45, 7) is 5.03. The van der Waals surface area contributed by atoms with Gasteiger partial charge in [-0.05, 0) is 13.8 Å². The number of nitrogens with zero attached hydrogens (tertiary/aromatic N) is 4. The normalized spacial score (nSPS) is 13.9. The number of aromatic nitrogens is 3. The van der Waals surface area contributed by atoms with Crippen molar-refractivity contribution >= 4 is 34.1 Å². The van der Waals surface area contributed by atoms with Crippen LogP contribution in [0.15, 0.2) is 21.2 Å². The highest BCUT2D eigenvalue weighted by Crippen LogP contribution is 2.28. The molecule has 3 aromatic rings. The van der Waals surface area contributed by atoms with E-state index in [1.807, 2.05) is 4.90 Å². The maximum Gasteiger partial charge on any atom is 0.279 e. The number of hydrogen-bond acceptors (Lipinski definition) is 9. The Morgan fingerprint density at radius 3 is 2.68 bits per heavy atom. The summed E-state index contributed by atoms with van der Waals surface area (Å²) in [6.07, 6.45) is 0.709. The highest BCUT2D eigenvalue weighted by molar-refractivity contribution is 7.15. The summed E-state index contributed by atoms with van der Waals surface area (Å²) in [6, 6.07) is 3.24. The minimum Gasteiger partial charge on any atom is -0.361 e. The maximum atomic E-state index is 12.2. The van der Waals surface area contributed by atoms with Crippen molar-refractivity contribution in [2.75, 3.05) is 23.7 Å². The van der Waals surface area contributed by atoms with Crippen LogP contribution in [0.5, 0.6) is 0 Å². The number of thiazole rings is 1. The van der Waals surface area contributed by atoms with E-state index < -0.39 is 0 Å². The molecule has 0 spiro atoms. The largest absolute Gasteiger partial charge is 0.361 e. The SMILES string of the molecule is Cc1cc(NC(=O)CN2CCc3nc(NC(=O)c4cc(C)on4)sc3C2)no1. The van der Waals surface area contributed by atoms with Crippen LogP contribution >= 0.6 is 11.3 Å². The smallest absolute Gasteiger partial charge is 0.279 e. The fourth-order valence-corrected chi connectivity index (χ4v) is 3.93. The first-order chi connectivity index (χ1) is 13.5. The van der Waals surface area contributed by atoms with E-state index in [2.05, 4.69) is 25.9 Å². The third-order valence-electron chi connectivity index (χ3n) is 4.15. The Kier molecular flexibility index (Phi) is 4.92. The summed E-state index contributed by atoms with van der Waals surface area (Å²) < 4.78 is 9.86. The van der Waals surface area contributed by atoms with Crippen LogP contribution in [-0.2, 0) is 17.8 Å². The molecule has 1 aliphatic heterocycles. The lowest BCUT2D eigenvalue weighted by Gasteiger charge is -2.24. The second-order valence-corrected chi connectivity index (χ2v) is 7.58. The van der Waals surface area contributed by atoms with E-state index in [-0.39, 0.29) is 24.1 Å². The van der Waals surface area contributed by atoms with Gasteiger partial charge in [-0.1, -0.05) is 10.3 Å². The Bertz CT molecular complexity index is 1020. The van der Waals surface area contributed by atoms with E-state index in [4.69, 9.17) is 9.05 Å². The molecule has 10 nitrogen and oxygen atoms in total. The molecule has 0 atom stereocenters. The van der Waals surface area contributed by atoms with Crippen molar-refractivity contribution in [2.24, 2.45) is 0 Å². The average Bonchev–Trinajstić information content (AvgIpc) is 3.34. The van der Waals surface area contributed by atoms with E-state index in [1.165, 1.54) is 11.3 Å². The van der Waals surface area contributed by atoms with Gasteiger partial charge >= 0.3 is 0 Å². The van der Waals surface area contributed by atoms with E-state index in [0.717, 1.165) is 10.6 Å². The van der Waals surface area contributed by atoms with E-state index >= 15 is 0 Å². The van der Waals surface area contributed by atoms with Gasteiger partial charge in [-0.3, -0.25) is 19.8 Å². The fourth-order valence-electron chi connectivity index (χ4n) is 2.88. The lowest BCUT2D eigenvalue weighted by atomic mass is 10.2. The highest BCUT2D eigenvalue weighted by atomic mass is 32.1. The van der Waals surface area contributed by atoms with Crippen molar-refractivity contribution in [1.29, 1.82) is 0 Å². The van der Waals surface area contributed by atoms with E-state index in [9.17, 15) is 9.59 Å². The first-order valence-corrected chi connectivity index (χ1v) is 9.46. The van der Waals surface area contributed by atoms with Gasteiger partial charge < -0.3 is 14.4 Å². The second-order valence-electron chi connectivity index (χ2n) is 6.50. The standard InChI is InChI=1S/C17H18N6O4S/c1-9-5-12(21-26-9)16(25)20-17-18-11-3-4-23(7-13(11)28-17)8-15(24)19-14-6-10(2)27-22-14/h5-6H,3-4,7-8H2,1-2H3,(H,18,20,25)(H,19,22,24). The zero-order chi connectivity index (χ0) is 19.7. The molecule has 146 valence electrons. The van der Waals surface area contributed by atoms with Crippen LogP contribution in [0.3, 0.4) is 0 Å². The van der Waals surface area contributed by atoms with Crippen molar-refractivity contribution < 1.29 is 18.6 Å². The van der Waals surface area contributed by atoms with Crippen LogP contribution in [0.25, 0.3) is 0 Å². The van der Waals surface area contributed by atoms with Crippen LogP contribution in [0, 0.1) is 13.8 Å². The highest BCUT2D eigenvalue weighted by Gasteiger charge is 2.23. The predicted octanol–water partition coefficient (Wildman–Crippen LogP) is 1.99. The Morgan fingerprint density at radius 1 is 1.18 bits per heavy atom. The molecular weight excluding hydrogens is 384 g/mol. The van der Waals surface area contributed by atoms with Gasteiger partial charge in [-0.25, -0.2) is 4.98 Å².